The Balaban J connectivity index is 2.08. The molecule has 0 radical (unpaired) electrons. The van der Waals surface area contributed by atoms with E-state index >= 15 is 0 Å². The van der Waals surface area contributed by atoms with Crippen LogP contribution in [0.4, 0.5) is 28.4 Å². The summed E-state index contributed by atoms with van der Waals surface area (Å²) in [6, 6.07) is 1.06. The molecular formula is C16H20F3N3O4S. The average Bonchev–Trinajstić information content (AvgIpc) is 2.53. The molecule has 1 aromatic rings. The molecule has 0 atom stereocenters. The number of carbonyl (C=O) groups is 2. The Morgan fingerprint density at radius 3 is 2.33 bits per heavy atom. The third kappa shape index (κ3) is 5.84. The van der Waals surface area contributed by atoms with E-state index in [9.17, 15) is 31.2 Å². The van der Waals surface area contributed by atoms with Gasteiger partial charge in [0.25, 0.3) is 0 Å². The molecule has 0 saturated heterocycles. The normalized spacial score (nSPS) is 15.9. The summed E-state index contributed by atoms with van der Waals surface area (Å²) in [5, 5.41) is 3.97. The standard InChI is InChI=1S/C16H20F3N3O4S/c1-27(25,26)22(13-8-3-2-4-9-13)15(24)21-14(23)20-12-7-5-6-11(10-12)16(17,18)19/h5-7,10,13H,2-4,8-9H2,1H3,(H2,20,21,23,24). The van der Waals surface area contributed by atoms with Gasteiger partial charge >= 0.3 is 18.2 Å². The van der Waals surface area contributed by atoms with E-state index in [1.165, 1.54) is 6.07 Å². The minimum Gasteiger partial charge on any atom is -0.308 e. The number of sulfonamides is 1. The van der Waals surface area contributed by atoms with Gasteiger partial charge in [-0.05, 0) is 31.0 Å². The molecule has 0 unspecified atom stereocenters. The van der Waals surface area contributed by atoms with Gasteiger partial charge in [0.05, 0.1) is 11.8 Å². The maximum absolute atomic E-state index is 12.7. The van der Waals surface area contributed by atoms with Gasteiger partial charge in [-0.1, -0.05) is 25.3 Å². The molecule has 1 saturated carbocycles. The highest BCUT2D eigenvalue weighted by Crippen LogP contribution is 2.30. The van der Waals surface area contributed by atoms with Crippen LogP contribution in [0.5, 0.6) is 0 Å². The minimum atomic E-state index is -4.59. The summed E-state index contributed by atoms with van der Waals surface area (Å²) in [6.07, 6.45) is -0.262. The van der Waals surface area contributed by atoms with Crippen molar-refractivity contribution in [2.24, 2.45) is 0 Å². The molecule has 0 aromatic heterocycles. The third-order valence-corrected chi connectivity index (χ3v) is 5.31. The number of amides is 4. The van der Waals surface area contributed by atoms with Gasteiger partial charge in [-0.2, -0.15) is 13.2 Å². The predicted molar refractivity (Wildman–Crippen MR) is 92.6 cm³/mol. The van der Waals surface area contributed by atoms with Crippen molar-refractivity contribution in [1.82, 2.24) is 9.62 Å². The second kappa shape index (κ2) is 8.15. The number of halogens is 3. The summed E-state index contributed by atoms with van der Waals surface area (Å²) in [5.41, 5.74) is -1.15. The van der Waals surface area contributed by atoms with Crippen molar-refractivity contribution in [3.63, 3.8) is 0 Å². The van der Waals surface area contributed by atoms with Gasteiger partial charge in [0.2, 0.25) is 10.0 Å². The summed E-state index contributed by atoms with van der Waals surface area (Å²) in [5.74, 6) is 0. The maximum Gasteiger partial charge on any atom is 0.416 e. The fourth-order valence-corrected chi connectivity index (χ4v) is 4.09. The van der Waals surface area contributed by atoms with Crippen LogP contribution in [0.15, 0.2) is 24.3 Å². The molecule has 0 heterocycles. The molecule has 11 heteroatoms. The minimum absolute atomic E-state index is 0.182. The number of nitrogens with one attached hydrogen (secondary N) is 2. The largest absolute Gasteiger partial charge is 0.416 e. The fraction of sp³-hybridized carbons (Fsp3) is 0.500. The van der Waals surface area contributed by atoms with Gasteiger partial charge in [0.15, 0.2) is 0 Å². The zero-order valence-electron chi connectivity index (χ0n) is 14.5. The van der Waals surface area contributed by atoms with E-state index in [1.807, 2.05) is 5.32 Å². The van der Waals surface area contributed by atoms with Gasteiger partial charge in [0.1, 0.15) is 0 Å². The van der Waals surface area contributed by atoms with Crippen molar-refractivity contribution in [3.05, 3.63) is 29.8 Å². The first kappa shape index (κ1) is 21.0. The predicted octanol–water partition coefficient (Wildman–Crippen LogP) is 3.54. The number of hydrogen-bond acceptors (Lipinski definition) is 4. The quantitative estimate of drug-likeness (QED) is 0.801. The van der Waals surface area contributed by atoms with E-state index in [1.54, 1.807) is 0 Å². The molecule has 1 aliphatic carbocycles. The first-order valence-electron chi connectivity index (χ1n) is 8.27. The van der Waals surface area contributed by atoms with Crippen molar-refractivity contribution < 1.29 is 31.2 Å². The lowest BCUT2D eigenvalue weighted by Gasteiger charge is -2.32. The smallest absolute Gasteiger partial charge is 0.308 e. The number of anilines is 1. The van der Waals surface area contributed by atoms with Crippen molar-refractivity contribution in [2.45, 2.75) is 44.3 Å². The van der Waals surface area contributed by atoms with Gasteiger partial charge < -0.3 is 5.32 Å². The van der Waals surface area contributed by atoms with Gasteiger partial charge in [0, 0.05) is 11.7 Å². The van der Waals surface area contributed by atoms with Crippen molar-refractivity contribution in [1.29, 1.82) is 0 Å². The summed E-state index contributed by atoms with van der Waals surface area (Å²) in [6.45, 7) is 0. The van der Waals surface area contributed by atoms with Crippen molar-refractivity contribution in [2.75, 3.05) is 11.6 Å². The van der Waals surface area contributed by atoms with Crippen LogP contribution in [0, 0.1) is 0 Å². The first-order chi connectivity index (χ1) is 12.5. The van der Waals surface area contributed by atoms with E-state index in [0.29, 0.717) is 23.2 Å². The summed E-state index contributed by atoms with van der Waals surface area (Å²) < 4.78 is 62.7. The van der Waals surface area contributed by atoms with Crippen LogP contribution in [0.3, 0.4) is 0 Å². The van der Waals surface area contributed by atoms with Crippen LogP contribution in [0.1, 0.15) is 37.7 Å². The topological polar surface area (TPSA) is 95.6 Å². The number of urea groups is 2. The number of benzene rings is 1. The fourth-order valence-electron chi connectivity index (χ4n) is 2.99. The molecule has 4 amide bonds. The summed E-state index contributed by atoms with van der Waals surface area (Å²) in [4.78, 5) is 24.3. The highest BCUT2D eigenvalue weighted by molar-refractivity contribution is 7.88. The lowest BCUT2D eigenvalue weighted by atomic mass is 9.96. The van der Waals surface area contributed by atoms with Crippen LogP contribution in [0.2, 0.25) is 0 Å². The Kier molecular flexibility index (Phi) is 6.34. The molecule has 2 rings (SSSR count). The molecule has 7 nitrogen and oxygen atoms in total. The average molecular weight is 407 g/mol. The van der Waals surface area contributed by atoms with E-state index in [4.69, 9.17) is 0 Å². The number of nitrogens with zero attached hydrogens (tertiary/aromatic N) is 1. The van der Waals surface area contributed by atoms with Crippen LogP contribution < -0.4 is 10.6 Å². The van der Waals surface area contributed by atoms with Crippen molar-refractivity contribution >= 4 is 27.8 Å². The molecule has 0 aliphatic heterocycles. The lowest BCUT2D eigenvalue weighted by molar-refractivity contribution is -0.137. The summed E-state index contributed by atoms with van der Waals surface area (Å²) in [7, 11) is -3.92. The highest BCUT2D eigenvalue weighted by atomic mass is 32.2. The molecule has 150 valence electrons. The van der Waals surface area contributed by atoms with Crippen molar-refractivity contribution in [3.8, 4) is 0 Å². The molecule has 1 aliphatic rings. The van der Waals surface area contributed by atoms with Crippen LogP contribution in [-0.2, 0) is 16.2 Å². The zero-order chi connectivity index (χ0) is 20.2. The Morgan fingerprint density at radius 2 is 1.78 bits per heavy atom. The zero-order valence-corrected chi connectivity index (χ0v) is 15.4. The van der Waals surface area contributed by atoms with Gasteiger partial charge in [-0.25, -0.2) is 22.3 Å². The van der Waals surface area contributed by atoms with Crippen LogP contribution in [-0.4, -0.2) is 37.1 Å². The molecule has 1 fully saturated rings. The Morgan fingerprint density at radius 1 is 1.15 bits per heavy atom. The molecule has 2 N–H and O–H groups in total. The first-order valence-corrected chi connectivity index (χ1v) is 10.1. The SMILES string of the molecule is CS(=O)(=O)N(C(=O)NC(=O)Nc1cccc(C(F)(F)F)c1)C1CCCCC1. The number of alkyl halides is 3. The monoisotopic (exact) mass is 407 g/mol. The third-order valence-electron chi connectivity index (χ3n) is 4.13. The molecule has 0 spiro atoms. The molecular weight excluding hydrogens is 387 g/mol. The Bertz CT molecular complexity index is 805. The molecule has 27 heavy (non-hydrogen) atoms. The number of rotatable bonds is 3. The highest BCUT2D eigenvalue weighted by Gasteiger charge is 2.34. The molecule has 0 bridgehead atoms. The Hall–Kier alpha value is -2.30. The number of hydrogen-bond donors (Lipinski definition) is 2. The lowest BCUT2D eigenvalue weighted by Crippen LogP contribution is -2.51. The Labute approximate surface area is 155 Å². The molecule has 1 aromatic carbocycles. The van der Waals surface area contributed by atoms with E-state index in [0.717, 1.165) is 37.7 Å². The number of carbonyl (C=O) groups excluding carboxylic acids is 2. The van der Waals surface area contributed by atoms with E-state index in [-0.39, 0.29) is 5.69 Å². The van der Waals surface area contributed by atoms with Gasteiger partial charge in [-0.3, -0.25) is 5.32 Å². The van der Waals surface area contributed by atoms with Gasteiger partial charge in [-0.15, -0.1) is 0 Å². The summed E-state index contributed by atoms with van der Waals surface area (Å²) >= 11 is 0. The second-order valence-corrected chi connectivity index (χ2v) is 8.17. The second-order valence-electron chi connectivity index (χ2n) is 6.31. The number of imide groups is 1. The van der Waals surface area contributed by atoms with Crippen LogP contribution >= 0.6 is 0 Å². The van der Waals surface area contributed by atoms with Crippen LogP contribution in [0.25, 0.3) is 0 Å². The van der Waals surface area contributed by atoms with E-state index in [2.05, 4.69) is 5.32 Å². The van der Waals surface area contributed by atoms with E-state index < -0.39 is 39.9 Å². The maximum atomic E-state index is 12.7.